The maximum absolute atomic E-state index is 10.1. The molecule has 0 aromatic carbocycles. The lowest BCUT2D eigenvalue weighted by Crippen LogP contribution is -2.27. The van der Waals surface area contributed by atoms with E-state index >= 15 is 0 Å². The van der Waals surface area contributed by atoms with Crippen LogP contribution in [0.15, 0.2) is 0 Å². The topological polar surface area (TPSA) is 20.3 Å². The van der Waals surface area contributed by atoms with Crippen LogP contribution in [0.2, 0.25) is 0 Å². The molecule has 0 aromatic rings. The van der Waals surface area contributed by atoms with Crippen molar-refractivity contribution in [2.75, 3.05) is 7.05 Å². The molecule has 0 aromatic heterocycles. The van der Waals surface area contributed by atoms with Crippen molar-refractivity contribution in [3.8, 4) is 0 Å². The number of nitrogens with zero attached hydrogens (tertiary/aromatic N) is 1. The lowest BCUT2D eigenvalue weighted by atomic mass is 10.2. The summed E-state index contributed by atoms with van der Waals surface area (Å²) in [6, 6.07) is 0.488. The summed E-state index contributed by atoms with van der Waals surface area (Å²) < 4.78 is 0. The van der Waals surface area contributed by atoms with E-state index in [-0.39, 0.29) is 0 Å². The first-order valence-electron chi connectivity index (χ1n) is 3.45. The molecule has 1 rings (SSSR count). The third kappa shape index (κ3) is 1.44. The Morgan fingerprint density at radius 2 is 2.00 bits per heavy atom. The molecule has 0 bridgehead atoms. The zero-order valence-corrected chi connectivity index (χ0v) is 5.76. The van der Waals surface area contributed by atoms with Gasteiger partial charge in [0.15, 0.2) is 0 Å². The van der Waals surface area contributed by atoms with Crippen LogP contribution in [0.25, 0.3) is 0 Å². The Labute approximate surface area is 55.8 Å². The maximum atomic E-state index is 10.1. The molecule has 1 amide bonds. The number of amides is 1. The second-order valence-electron chi connectivity index (χ2n) is 2.64. The summed E-state index contributed by atoms with van der Waals surface area (Å²) in [5, 5.41) is 0. The number of carbonyl (C=O) groups excluding carboxylic acids is 1. The van der Waals surface area contributed by atoms with Gasteiger partial charge in [0.2, 0.25) is 0 Å². The highest BCUT2D eigenvalue weighted by Gasteiger charge is 2.18. The summed E-state index contributed by atoms with van der Waals surface area (Å²) in [7, 11) is 1.81. The van der Waals surface area contributed by atoms with Gasteiger partial charge in [-0.3, -0.25) is 4.79 Å². The fourth-order valence-electron chi connectivity index (χ4n) is 1.37. The van der Waals surface area contributed by atoms with Gasteiger partial charge < -0.3 is 4.90 Å². The van der Waals surface area contributed by atoms with Crippen LogP contribution in [-0.4, -0.2) is 24.4 Å². The molecule has 51 valence electrons. The van der Waals surface area contributed by atoms with Crippen molar-refractivity contribution < 1.29 is 4.79 Å². The molecule has 0 saturated heterocycles. The van der Waals surface area contributed by atoms with Gasteiger partial charge in [0.1, 0.15) is 0 Å². The van der Waals surface area contributed by atoms with E-state index in [9.17, 15) is 4.79 Å². The van der Waals surface area contributed by atoms with Crippen molar-refractivity contribution in [2.45, 2.75) is 31.7 Å². The molecule has 0 heterocycles. The Morgan fingerprint density at radius 3 is 2.44 bits per heavy atom. The summed E-state index contributed by atoms with van der Waals surface area (Å²) in [5.41, 5.74) is 0. The third-order valence-electron chi connectivity index (χ3n) is 2.02. The van der Waals surface area contributed by atoms with Crippen LogP contribution < -0.4 is 0 Å². The van der Waals surface area contributed by atoms with Gasteiger partial charge in [-0.15, -0.1) is 0 Å². The van der Waals surface area contributed by atoms with E-state index in [0.717, 1.165) is 0 Å². The number of rotatable bonds is 2. The van der Waals surface area contributed by atoms with E-state index in [1.54, 1.807) is 4.90 Å². The van der Waals surface area contributed by atoms with Crippen LogP contribution in [0.4, 0.5) is 0 Å². The first-order valence-corrected chi connectivity index (χ1v) is 3.45. The summed E-state index contributed by atoms with van der Waals surface area (Å²) >= 11 is 0. The van der Waals surface area contributed by atoms with Crippen LogP contribution >= 0.6 is 0 Å². The standard InChI is InChI=1S/C7H12NO/c1-8(6-9)7-4-2-3-5-7/h7H,2-5H2,1H3. The molecule has 0 atom stereocenters. The highest BCUT2D eigenvalue weighted by atomic mass is 16.1. The van der Waals surface area contributed by atoms with Gasteiger partial charge >= 0.3 is 6.41 Å². The van der Waals surface area contributed by atoms with Crippen molar-refractivity contribution in [3.63, 3.8) is 0 Å². The molecule has 1 radical (unpaired) electrons. The zero-order valence-electron chi connectivity index (χ0n) is 5.76. The number of hydrogen-bond acceptors (Lipinski definition) is 1. The zero-order chi connectivity index (χ0) is 6.69. The van der Waals surface area contributed by atoms with E-state index in [1.165, 1.54) is 25.7 Å². The van der Waals surface area contributed by atoms with Crippen LogP contribution in [0.3, 0.4) is 0 Å². The van der Waals surface area contributed by atoms with Gasteiger partial charge in [-0.1, -0.05) is 12.8 Å². The Hall–Kier alpha value is -0.530. The lowest BCUT2D eigenvalue weighted by Gasteiger charge is -2.16. The maximum Gasteiger partial charge on any atom is 0.312 e. The van der Waals surface area contributed by atoms with E-state index in [2.05, 4.69) is 0 Å². The monoisotopic (exact) mass is 126 g/mol. The highest BCUT2D eigenvalue weighted by molar-refractivity contribution is 5.48. The van der Waals surface area contributed by atoms with Crippen molar-refractivity contribution in [1.82, 2.24) is 4.90 Å². The molecule has 2 heteroatoms. The van der Waals surface area contributed by atoms with Crippen LogP contribution in [0.1, 0.15) is 25.7 Å². The van der Waals surface area contributed by atoms with Crippen molar-refractivity contribution in [2.24, 2.45) is 0 Å². The summed E-state index contributed by atoms with van der Waals surface area (Å²) in [4.78, 5) is 11.8. The Bertz CT molecular complexity index is 97.1. The predicted molar refractivity (Wildman–Crippen MR) is 35.7 cm³/mol. The first-order chi connectivity index (χ1) is 4.34. The largest absolute Gasteiger partial charge is 0.335 e. The van der Waals surface area contributed by atoms with Crippen molar-refractivity contribution in [1.29, 1.82) is 0 Å². The molecule has 0 spiro atoms. The molecule has 0 unspecified atom stereocenters. The minimum Gasteiger partial charge on any atom is -0.335 e. The van der Waals surface area contributed by atoms with Gasteiger partial charge in [-0.25, -0.2) is 0 Å². The van der Waals surface area contributed by atoms with Crippen molar-refractivity contribution >= 4 is 6.41 Å². The van der Waals surface area contributed by atoms with Gasteiger partial charge in [-0.05, 0) is 12.8 Å². The van der Waals surface area contributed by atoms with E-state index in [4.69, 9.17) is 0 Å². The SMILES string of the molecule is CN([C]=O)C1CCCC1. The first kappa shape index (κ1) is 6.59. The molecule has 9 heavy (non-hydrogen) atoms. The second kappa shape index (κ2) is 2.85. The molecule has 0 aliphatic heterocycles. The molecule has 2 nitrogen and oxygen atoms in total. The average molecular weight is 126 g/mol. The minimum atomic E-state index is 0.488. The Kier molecular flexibility index (Phi) is 2.09. The van der Waals surface area contributed by atoms with E-state index in [0.29, 0.717) is 6.04 Å². The normalized spacial score (nSPS) is 20.1. The van der Waals surface area contributed by atoms with Crippen molar-refractivity contribution in [3.05, 3.63) is 0 Å². The fraction of sp³-hybridized carbons (Fsp3) is 0.857. The third-order valence-corrected chi connectivity index (χ3v) is 2.02. The molecule has 1 aliphatic rings. The second-order valence-corrected chi connectivity index (χ2v) is 2.64. The van der Waals surface area contributed by atoms with Gasteiger partial charge in [0.05, 0.1) is 0 Å². The molecule has 1 fully saturated rings. The van der Waals surface area contributed by atoms with Gasteiger partial charge in [-0.2, -0.15) is 0 Å². The molecular weight excluding hydrogens is 114 g/mol. The lowest BCUT2D eigenvalue weighted by molar-refractivity contribution is 0.345. The van der Waals surface area contributed by atoms with Gasteiger partial charge in [0.25, 0.3) is 0 Å². The molecule has 1 saturated carbocycles. The molecule has 1 aliphatic carbocycles. The molecule has 0 N–H and O–H groups in total. The fourth-order valence-corrected chi connectivity index (χ4v) is 1.37. The average Bonchev–Trinajstić information content (AvgIpc) is 2.37. The van der Waals surface area contributed by atoms with Gasteiger partial charge in [0, 0.05) is 13.1 Å². The summed E-state index contributed by atoms with van der Waals surface area (Å²) in [6.07, 6.45) is 6.78. The van der Waals surface area contributed by atoms with E-state index in [1.807, 2.05) is 13.5 Å². The van der Waals surface area contributed by atoms with Crippen LogP contribution in [0.5, 0.6) is 0 Å². The smallest absolute Gasteiger partial charge is 0.312 e. The Balaban J connectivity index is 2.32. The predicted octanol–water partition coefficient (Wildman–Crippen LogP) is 0.928. The number of hydrogen-bond donors (Lipinski definition) is 0. The summed E-state index contributed by atoms with van der Waals surface area (Å²) in [5.74, 6) is 0. The minimum absolute atomic E-state index is 0.488. The summed E-state index contributed by atoms with van der Waals surface area (Å²) in [6.45, 7) is 0. The van der Waals surface area contributed by atoms with E-state index < -0.39 is 0 Å². The van der Waals surface area contributed by atoms with Crippen LogP contribution in [0, 0.1) is 0 Å². The van der Waals surface area contributed by atoms with Crippen LogP contribution in [-0.2, 0) is 4.79 Å². The quantitative estimate of drug-likeness (QED) is 0.504. The Morgan fingerprint density at radius 1 is 1.44 bits per heavy atom. The molecular formula is C7H12NO. The highest BCUT2D eigenvalue weighted by Crippen LogP contribution is 2.20.